The van der Waals surface area contributed by atoms with Gasteiger partial charge in [0.15, 0.2) is 0 Å². The fraction of sp³-hybridized carbons (Fsp3) is 0.286. The van der Waals surface area contributed by atoms with Crippen molar-refractivity contribution in [2.24, 2.45) is 0 Å². The molecule has 1 unspecified atom stereocenters. The molecule has 0 saturated heterocycles. The van der Waals surface area contributed by atoms with E-state index in [1.165, 1.54) is 6.26 Å². The summed E-state index contributed by atoms with van der Waals surface area (Å²) in [6, 6.07) is 5.17. The van der Waals surface area contributed by atoms with Gasteiger partial charge in [-0.1, -0.05) is 0 Å². The predicted octanol–water partition coefficient (Wildman–Crippen LogP) is 2.34. The fourth-order valence-corrected chi connectivity index (χ4v) is 3.36. The zero-order chi connectivity index (χ0) is 15.3. The number of rotatable bonds is 2. The third-order valence-electron chi connectivity index (χ3n) is 3.62. The van der Waals surface area contributed by atoms with Crippen molar-refractivity contribution >= 4 is 28.0 Å². The van der Waals surface area contributed by atoms with Crippen LogP contribution >= 0.6 is 10.5 Å². The van der Waals surface area contributed by atoms with Crippen LogP contribution in [0, 0.1) is 0 Å². The largest absolute Gasteiger partial charge is 0.332 e. The number of carbonyl (C=O) groups excluding carboxylic acids is 2. The Morgan fingerprint density at radius 3 is 2.81 bits per heavy atom. The van der Waals surface area contributed by atoms with Crippen LogP contribution < -0.4 is 10.0 Å². The van der Waals surface area contributed by atoms with Gasteiger partial charge in [0.05, 0.1) is 5.41 Å². The molecule has 21 heavy (non-hydrogen) atoms. The number of hydrogen-bond donors (Lipinski definition) is 2. The summed E-state index contributed by atoms with van der Waals surface area (Å²) in [5.74, 6) is -0.330. The van der Waals surface area contributed by atoms with Crippen molar-refractivity contribution in [1.82, 2.24) is 4.72 Å². The molecular formula is C14H16N2O4S. The van der Waals surface area contributed by atoms with E-state index in [0.29, 0.717) is 5.56 Å². The first-order valence-corrected chi connectivity index (χ1v) is 8.43. The Kier molecular flexibility index (Phi) is 3.00. The van der Waals surface area contributed by atoms with Crippen molar-refractivity contribution in [1.29, 1.82) is 0 Å². The van der Waals surface area contributed by atoms with Crippen molar-refractivity contribution in [3.63, 3.8) is 0 Å². The van der Waals surface area contributed by atoms with Crippen LogP contribution in [0.25, 0.3) is 0 Å². The maximum Gasteiger partial charge on any atom is 0.261 e. The number of carbonyl (C=O) groups is 2. The molecule has 0 aliphatic carbocycles. The smallest absolute Gasteiger partial charge is 0.261 e. The maximum absolute atomic E-state index is 12.3. The average Bonchev–Trinajstić information content (AvgIpc) is 2.93. The predicted molar refractivity (Wildman–Crippen MR) is 80.4 cm³/mol. The summed E-state index contributed by atoms with van der Waals surface area (Å²) in [6.07, 6.45) is 3.17. The number of nitrogens with one attached hydrogen (secondary N) is 2. The van der Waals surface area contributed by atoms with Gasteiger partial charge < -0.3 is 10.2 Å². The van der Waals surface area contributed by atoms with Gasteiger partial charge in [-0.3, -0.25) is 14.3 Å². The highest BCUT2D eigenvalue weighted by molar-refractivity contribution is 8.30. The summed E-state index contributed by atoms with van der Waals surface area (Å²) in [5, 5.41) is 4.50. The van der Waals surface area contributed by atoms with Gasteiger partial charge in [-0.2, -0.15) is 0 Å². The summed E-state index contributed by atoms with van der Waals surface area (Å²) in [7, 11) is -1.89. The van der Waals surface area contributed by atoms with Crippen molar-refractivity contribution < 1.29 is 18.8 Å². The van der Waals surface area contributed by atoms with E-state index in [1.807, 2.05) is 13.8 Å². The average molecular weight is 308 g/mol. The molecule has 1 aromatic carbocycles. The zero-order valence-electron chi connectivity index (χ0n) is 11.9. The summed E-state index contributed by atoms with van der Waals surface area (Å²) < 4.78 is 7.86. The van der Waals surface area contributed by atoms with E-state index < -0.39 is 15.9 Å². The first-order valence-electron chi connectivity index (χ1n) is 6.40. The third-order valence-corrected chi connectivity index (χ3v) is 5.20. The quantitative estimate of drug-likeness (QED) is 0.822. The lowest BCUT2D eigenvalue weighted by Gasteiger charge is -2.25. The van der Waals surface area contributed by atoms with Crippen LogP contribution in [0.2, 0.25) is 0 Å². The molecule has 0 bridgehead atoms. The topological polar surface area (TPSA) is 76.7 Å². The molecule has 2 amide bonds. The van der Waals surface area contributed by atoms with Gasteiger partial charge in [-0.15, -0.1) is 4.33 Å². The van der Waals surface area contributed by atoms with Gasteiger partial charge in [0.25, 0.3) is 5.91 Å². The van der Waals surface area contributed by atoms with Gasteiger partial charge in [0.1, 0.15) is 6.26 Å². The lowest BCUT2D eigenvalue weighted by atomic mass is 9.85. The van der Waals surface area contributed by atoms with Gasteiger partial charge in [-0.25, -0.2) is 0 Å². The third kappa shape index (κ3) is 2.28. The molecule has 2 aliphatic heterocycles. The van der Waals surface area contributed by atoms with E-state index in [4.69, 9.17) is 9.22 Å². The summed E-state index contributed by atoms with van der Waals surface area (Å²) in [4.78, 5) is 28.9. The second kappa shape index (κ2) is 4.51. The van der Waals surface area contributed by atoms with E-state index in [9.17, 15) is 9.59 Å². The van der Waals surface area contributed by atoms with Crippen LogP contribution in [-0.4, -0.2) is 18.1 Å². The number of anilines is 1. The van der Waals surface area contributed by atoms with Gasteiger partial charge in [0, 0.05) is 33.4 Å². The maximum atomic E-state index is 12.3. The van der Waals surface area contributed by atoms with Gasteiger partial charge in [0.2, 0.25) is 5.91 Å². The fourth-order valence-electron chi connectivity index (χ4n) is 2.26. The van der Waals surface area contributed by atoms with Gasteiger partial charge >= 0.3 is 0 Å². The minimum absolute atomic E-state index is 0.0666. The summed E-state index contributed by atoms with van der Waals surface area (Å²) >= 11 is 0. The Morgan fingerprint density at radius 2 is 2.14 bits per heavy atom. The monoisotopic (exact) mass is 308 g/mol. The van der Waals surface area contributed by atoms with Crippen LogP contribution in [-0.2, 0) is 19.4 Å². The number of benzene rings is 1. The van der Waals surface area contributed by atoms with Crippen LogP contribution in [0.3, 0.4) is 0 Å². The minimum atomic E-state index is -1.89. The second-order valence-corrected chi connectivity index (χ2v) is 8.03. The van der Waals surface area contributed by atoms with Crippen molar-refractivity contribution in [2.45, 2.75) is 19.3 Å². The van der Waals surface area contributed by atoms with Crippen molar-refractivity contribution in [2.75, 3.05) is 11.6 Å². The van der Waals surface area contributed by atoms with Crippen molar-refractivity contribution in [3.05, 3.63) is 41.0 Å². The number of hydrogen-bond acceptors (Lipinski definition) is 4. The second-order valence-electron chi connectivity index (χ2n) is 5.61. The lowest BCUT2D eigenvalue weighted by Crippen LogP contribution is -2.28. The first kappa shape index (κ1) is 14.0. The van der Waals surface area contributed by atoms with E-state index in [2.05, 4.69) is 10.0 Å². The highest BCUT2D eigenvalue weighted by Gasteiger charge is 2.38. The van der Waals surface area contributed by atoms with E-state index >= 15 is 0 Å². The number of amides is 2. The molecule has 0 aromatic heterocycles. The molecule has 0 saturated carbocycles. The molecule has 1 aromatic rings. The molecule has 2 N–H and O–H groups in total. The molecule has 0 fully saturated rings. The molecule has 0 radical (unpaired) electrons. The highest BCUT2D eigenvalue weighted by Crippen LogP contribution is 2.47. The highest BCUT2D eigenvalue weighted by atomic mass is 32.3. The Hall–Kier alpha value is -1.99. The molecule has 1 atom stereocenters. The molecule has 2 heterocycles. The number of fused-ring (bicyclic) bond motifs is 1. The van der Waals surface area contributed by atoms with Crippen LogP contribution in [0.15, 0.2) is 29.9 Å². The molecule has 6 nitrogen and oxygen atoms in total. The zero-order valence-corrected chi connectivity index (χ0v) is 12.7. The SMILES string of the molecule is CC1(C)C(=O)Nc2ccc(C(=O)NS3(C)C=COO3)cc21. The van der Waals surface area contributed by atoms with E-state index in [-0.39, 0.29) is 11.8 Å². The summed E-state index contributed by atoms with van der Waals surface area (Å²) in [5.41, 5.74) is 1.41. The van der Waals surface area contributed by atoms with E-state index in [0.717, 1.165) is 11.3 Å². The Balaban J connectivity index is 1.88. The van der Waals surface area contributed by atoms with Crippen molar-refractivity contribution in [3.8, 4) is 0 Å². The summed E-state index contributed by atoms with van der Waals surface area (Å²) in [6.45, 7) is 3.66. The molecular weight excluding hydrogens is 292 g/mol. The Labute approximate surface area is 124 Å². The normalized spacial score (nSPS) is 28.2. The molecule has 2 aliphatic rings. The molecule has 3 rings (SSSR count). The van der Waals surface area contributed by atoms with E-state index in [1.54, 1.807) is 29.9 Å². The minimum Gasteiger partial charge on any atom is -0.332 e. The lowest BCUT2D eigenvalue weighted by molar-refractivity contribution is -0.127. The Bertz CT molecular complexity index is 671. The molecule has 112 valence electrons. The van der Waals surface area contributed by atoms with Crippen LogP contribution in [0.1, 0.15) is 29.8 Å². The first-order chi connectivity index (χ1) is 9.82. The molecule has 7 heteroatoms. The standard InChI is InChI=1S/C14H16N2O4S/c1-14(2)10-8-9(4-5-11(10)15-13(14)18)12(17)16-21(3)7-6-19-20-21/h4-8H,1-3H3,(H,15,18)(H,16,17). The van der Waals surface area contributed by atoms with Crippen LogP contribution in [0.4, 0.5) is 5.69 Å². The van der Waals surface area contributed by atoms with Gasteiger partial charge in [-0.05, 0) is 37.6 Å². The molecule has 0 spiro atoms. The van der Waals surface area contributed by atoms with Crippen LogP contribution in [0.5, 0.6) is 0 Å². The Morgan fingerprint density at radius 1 is 1.38 bits per heavy atom.